The fourth-order valence-corrected chi connectivity index (χ4v) is 7.05. The van der Waals surface area contributed by atoms with Crippen molar-refractivity contribution in [2.75, 3.05) is 18.5 Å². The Morgan fingerprint density at radius 1 is 1.14 bits per heavy atom. The van der Waals surface area contributed by atoms with E-state index in [1.807, 2.05) is 42.5 Å². The maximum atomic E-state index is 13.7. The number of aromatic nitrogens is 3. The highest BCUT2D eigenvalue weighted by Crippen LogP contribution is 2.60. The molecule has 0 saturated carbocycles. The second-order valence-corrected chi connectivity index (χ2v) is 10.7. The molecule has 3 aromatic rings. The van der Waals surface area contributed by atoms with Crippen LogP contribution in [0.4, 0.5) is 5.69 Å². The summed E-state index contributed by atoms with van der Waals surface area (Å²) in [5, 5.41) is 23.7. The molecule has 1 spiro atoms. The van der Waals surface area contributed by atoms with E-state index in [4.69, 9.17) is 4.74 Å². The molecule has 2 aromatic carbocycles. The minimum absolute atomic E-state index is 0.0385. The van der Waals surface area contributed by atoms with Gasteiger partial charge in [-0.05, 0) is 30.7 Å². The first-order valence-electron chi connectivity index (χ1n) is 12.1. The van der Waals surface area contributed by atoms with Gasteiger partial charge in [0.05, 0.1) is 30.1 Å². The van der Waals surface area contributed by atoms with Crippen molar-refractivity contribution in [3.63, 3.8) is 0 Å². The van der Waals surface area contributed by atoms with Gasteiger partial charge in [0.1, 0.15) is 23.8 Å². The molecule has 3 N–H and O–H groups in total. The molecular weight excluding hydrogens is 544 g/mol. The number of fused-ring (bicyclic) bond motifs is 2. The first-order valence-corrected chi connectivity index (χ1v) is 13.0. The number of aliphatic hydroxyl groups is 1. The molecule has 11 nitrogen and oxygen atoms in total. The van der Waals surface area contributed by atoms with Gasteiger partial charge in [-0.2, -0.15) is 0 Å². The highest BCUT2D eigenvalue weighted by molar-refractivity contribution is 9.09. The average molecular weight is 569 g/mol. The van der Waals surface area contributed by atoms with Crippen molar-refractivity contribution >= 4 is 50.4 Å². The maximum Gasteiger partial charge on any atom is 0.247 e. The minimum Gasteiger partial charge on any atom is -0.395 e. The van der Waals surface area contributed by atoms with E-state index in [0.29, 0.717) is 17.6 Å². The van der Waals surface area contributed by atoms with Crippen LogP contribution >= 0.6 is 15.9 Å². The zero-order chi connectivity index (χ0) is 25.7. The normalized spacial score (nSPS) is 30.1. The number of hydrogen-bond acceptors (Lipinski definition) is 7. The van der Waals surface area contributed by atoms with E-state index in [9.17, 15) is 19.5 Å². The molecule has 2 bridgehead atoms. The van der Waals surface area contributed by atoms with E-state index in [1.165, 1.54) is 4.90 Å². The molecule has 1 aromatic heterocycles. The molecule has 37 heavy (non-hydrogen) atoms. The van der Waals surface area contributed by atoms with Gasteiger partial charge in [0.15, 0.2) is 0 Å². The average Bonchev–Trinajstić information content (AvgIpc) is 3.61. The van der Waals surface area contributed by atoms with Gasteiger partial charge in [-0.15, -0.1) is 5.10 Å². The number of halogens is 1. The summed E-state index contributed by atoms with van der Waals surface area (Å²) in [6.07, 6.45) is -0.182. The maximum absolute atomic E-state index is 13.7. The number of β-amino-alcohol motifs (C(OH)–C–C–N with tert-alkyl or cyclic N) is 1. The summed E-state index contributed by atoms with van der Waals surface area (Å²) in [5.41, 5.74) is 0.867. The molecule has 6 atom stereocenters. The van der Waals surface area contributed by atoms with Gasteiger partial charge in [0, 0.05) is 17.1 Å². The van der Waals surface area contributed by atoms with E-state index >= 15 is 0 Å². The van der Waals surface area contributed by atoms with Crippen molar-refractivity contribution < 1.29 is 24.2 Å². The summed E-state index contributed by atoms with van der Waals surface area (Å²) < 4.78 is 7.97. The van der Waals surface area contributed by atoms with Crippen LogP contribution in [0.15, 0.2) is 54.6 Å². The summed E-state index contributed by atoms with van der Waals surface area (Å²) in [6.45, 7) is -0.333. The molecule has 3 fully saturated rings. The lowest BCUT2D eigenvalue weighted by Gasteiger charge is -2.33. The smallest absolute Gasteiger partial charge is 0.247 e. The topological polar surface area (TPSA) is 139 Å². The number of alkyl halides is 1. The van der Waals surface area contributed by atoms with Crippen molar-refractivity contribution in [1.82, 2.24) is 25.2 Å². The number of para-hydroxylation sites is 2. The minimum atomic E-state index is -1.20. The molecule has 0 aliphatic carbocycles. The third kappa shape index (κ3) is 3.73. The third-order valence-electron chi connectivity index (χ3n) is 7.55. The molecular formula is C25H25BrN6O5. The van der Waals surface area contributed by atoms with E-state index in [2.05, 4.69) is 36.9 Å². The van der Waals surface area contributed by atoms with Crippen LogP contribution in [0.2, 0.25) is 0 Å². The highest BCUT2D eigenvalue weighted by Gasteiger charge is 2.76. The van der Waals surface area contributed by atoms with Crippen LogP contribution < -0.4 is 10.6 Å². The van der Waals surface area contributed by atoms with Crippen molar-refractivity contribution in [1.29, 1.82) is 0 Å². The molecule has 3 aliphatic rings. The number of rotatable bonds is 7. The number of benzene rings is 2. The van der Waals surface area contributed by atoms with Crippen LogP contribution in [-0.4, -0.2) is 78.4 Å². The van der Waals surface area contributed by atoms with E-state index in [0.717, 1.165) is 5.52 Å². The fourth-order valence-electron chi connectivity index (χ4n) is 6.11. The monoisotopic (exact) mass is 568 g/mol. The van der Waals surface area contributed by atoms with Gasteiger partial charge >= 0.3 is 0 Å². The van der Waals surface area contributed by atoms with Crippen LogP contribution in [0.25, 0.3) is 11.0 Å². The molecule has 12 heteroatoms. The number of anilines is 1. The number of likely N-dealkylation sites (tertiary alicyclic amines) is 1. The van der Waals surface area contributed by atoms with Crippen LogP contribution in [0.5, 0.6) is 0 Å². The lowest BCUT2D eigenvalue weighted by Crippen LogP contribution is -2.56. The Balaban J connectivity index is 1.29. The molecule has 3 aliphatic heterocycles. The number of carbonyl (C=O) groups excluding carboxylic acids is 3. The van der Waals surface area contributed by atoms with Gasteiger partial charge in [0.2, 0.25) is 17.7 Å². The van der Waals surface area contributed by atoms with Crippen molar-refractivity contribution in [3.05, 3.63) is 54.6 Å². The van der Waals surface area contributed by atoms with Crippen LogP contribution in [0.1, 0.15) is 6.42 Å². The lowest BCUT2D eigenvalue weighted by molar-refractivity contribution is -0.142. The predicted molar refractivity (Wildman–Crippen MR) is 135 cm³/mol. The Labute approximate surface area is 220 Å². The first kappa shape index (κ1) is 24.0. The second-order valence-electron chi connectivity index (χ2n) is 9.55. The van der Waals surface area contributed by atoms with Crippen LogP contribution in [0.3, 0.4) is 0 Å². The first-order chi connectivity index (χ1) is 17.9. The molecule has 6 rings (SSSR count). The van der Waals surface area contributed by atoms with Crippen LogP contribution in [-0.2, 0) is 25.8 Å². The number of hydrogen-bond donors (Lipinski definition) is 3. The van der Waals surface area contributed by atoms with Crippen molar-refractivity contribution in [3.8, 4) is 0 Å². The Kier molecular flexibility index (Phi) is 5.97. The second kappa shape index (κ2) is 9.19. The number of aliphatic hydroxyl groups excluding tert-OH is 1. The number of ether oxygens (including phenoxy) is 1. The number of amides is 3. The predicted octanol–water partition coefficient (Wildman–Crippen LogP) is 0.884. The lowest BCUT2D eigenvalue weighted by atomic mass is 9.70. The number of nitrogens with zero attached hydrogens (tertiary/aromatic N) is 4. The molecule has 0 radical (unpaired) electrons. The quantitative estimate of drug-likeness (QED) is 0.359. The van der Waals surface area contributed by atoms with E-state index in [1.54, 1.807) is 16.8 Å². The Bertz CT molecular complexity index is 1370. The van der Waals surface area contributed by atoms with E-state index in [-0.39, 0.29) is 36.5 Å². The standard InChI is InChI=1S/C25H25BrN6O5/c26-15-12-25-19(18(20(15)37-25)22(34)28-14-6-2-1-3-7-14)24(36)31(10-11-33)21(25)23(35)27-13-32-17-9-5-4-8-16(17)29-30-32/h1-9,15,18-21,33H,10-13H2,(H,27,35)(H,28,34)/t15?,18-,19-,20-,21?,25?/m0/s1. The summed E-state index contributed by atoms with van der Waals surface area (Å²) in [7, 11) is 0. The molecule has 3 amide bonds. The van der Waals surface area contributed by atoms with Gasteiger partial charge in [0.25, 0.3) is 0 Å². The summed E-state index contributed by atoms with van der Waals surface area (Å²) >= 11 is 3.64. The number of nitrogens with one attached hydrogen (secondary N) is 2. The molecule has 3 saturated heterocycles. The third-order valence-corrected chi connectivity index (χ3v) is 8.39. The van der Waals surface area contributed by atoms with Crippen molar-refractivity contribution in [2.24, 2.45) is 11.8 Å². The summed E-state index contributed by atoms with van der Waals surface area (Å²) in [5.74, 6) is -2.77. The summed E-state index contributed by atoms with van der Waals surface area (Å²) in [6, 6.07) is 15.4. The van der Waals surface area contributed by atoms with E-state index < -0.39 is 35.5 Å². The molecule has 4 heterocycles. The zero-order valence-electron chi connectivity index (χ0n) is 19.7. The van der Waals surface area contributed by atoms with Crippen LogP contribution in [0, 0.1) is 11.8 Å². The van der Waals surface area contributed by atoms with Crippen molar-refractivity contribution in [2.45, 2.75) is 35.7 Å². The molecule has 3 unspecified atom stereocenters. The van der Waals surface area contributed by atoms with Gasteiger partial charge in [-0.1, -0.05) is 51.5 Å². The van der Waals surface area contributed by atoms with Gasteiger partial charge in [-0.3, -0.25) is 14.4 Å². The number of carbonyl (C=O) groups is 3. The Hall–Kier alpha value is -3.35. The Morgan fingerprint density at radius 3 is 2.68 bits per heavy atom. The van der Waals surface area contributed by atoms with Gasteiger partial charge in [-0.25, -0.2) is 4.68 Å². The summed E-state index contributed by atoms with van der Waals surface area (Å²) in [4.78, 5) is 41.9. The largest absolute Gasteiger partial charge is 0.395 e. The zero-order valence-corrected chi connectivity index (χ0v) is 21.2. The highest BCUT2D eigenvalue weighted by atomic mass is 79.9. The van der Waals surface area contributed by atoms with Gasteiger partial charge < -0.3 is 25.4 Å². The fraction of sp³-hybridized carbons (Fsp3) is 0.400. The SMILES string of the molecule is O=C(NCn1nnc2ccccc21)C1N(CCO)C(=O)[C@@H]2[C@H](C(=O)Nc3ccccc3)[C@H]3OC12CC3Br. The molecule has 192 valence electrons. The Morgan fingerprint density at radius 2 is 1.89 bits per heavy atom.